The standard InChI is InChI=1S/C10H18O2/c1-3-5-8-6-7-9(4-2)12-10(8)11/h8-9H,3-7H2,1-2H3/t8-,9-/m0/s1. The van der Waals surface area contributed by atoms with Crippen LogP contribution in [0.25, 0.3) is 0 Å². The van der Waals surface area contributed by atoms with Crippen LogP contribution in [0.4, 0.5) is 0 Å². The fourth-order valence-corrected chi connectivity index (χ4v) is 1.72. The van der Waals surface area contributed by atoms with Gasteiger partial charge in [-0.15, -0.1) is 0 Å². The predicted molar refractivity (Wildman–Crippen MR) is 47.8 cm³/mol. The van der Waals surface area contributed by atoms with Crippen LogP contribution in [0, 0.1) is 5.92 Å². The van der Waals surface area contributed by atoms with Gasteiger partial charge < -0.3 is 4.74 Å². The Morgan fingerprint density at radius 1 is 1.42 bits per heavy atom. The maximum absolute atomic E-state index is 11.3. The zero-order valence-electron chi connectivity index (χ0n) is 8.01. The lowest BCUT2D eigenvalue weighted by atomic mass is 9.93. The number of rotatable bonds is 3. The summed E-state index contributed by atoms with van der Waals surface area (Å²) < 4.78 is 5.26. The van der Waals surface area contributed by atoms with E-state index in [1.165, 1.54) is 0 Å². The van der Waals surface area contributed by atoms with Gasteiger partial charge in [0, 0.05) is 0 Å². The molecule has 0 aromatic carbocycles. The summed E-state index contributed by atoms with van der Waals surface area (Å²) in [5, 5.41) is 0. The molecule has 1 heterocycles. The Kier molecular flexibility index (Phi) is 3.57. The van der Waals surface area contributed by atoms with Gasteiger partial charge in [-0.25, -0.2) is 0 Å². The Balaban J connectivity index is 2.37. The number of hydrogen-bond donors (Lipinski definition) is 0. The summed E-state index contributed by atoms with van der Waals surface area (Å²) in [4.78, 5) is 11.3. The van der Waals surface area contributed by atoms with Crippen LogP contribution >= 0.6 is 0 Å². The average Bonchev–Trinajstić information content (AvgIpc) is 2.09. The Morgan fingerprint density at radius 3 is 2.67 bits per heavy atom. The maximum Gasteiger partial charge on any atom is 0.309 e. The van der Waals surface area contributed by atoms with E-state index in [-0.39, 0.29) is 18.0 Å². The minimum absolute atomic E-state index is 0.0370. The second kappa shape index (κ2) is 4.48. The van der Waals surface area contributed by atoms with Gasteiger partial charge >= 0.3 is 5.97 Å². The number of carbonyl (C=O) groups is 1. The molecule has 70 valence electrons. The van der Waals surface area contributed by atoms with Crippen molar-refractivity contribution < 1.29 is 9.53 Å². The number of cyclic esters (lactones) is 1. The van der Waals surface area contributed by atoms with Crippen molar-refractivity contribution in [2.45, 2.75) is 52.1 Å². The first-order chi connectivity index (χ1) is 5.77. The Labute approximate surface area is 74.3 Å². The van der Waals surface area contributed by atoms with Gasteiger partial charge in [0.25, 0.3) is 0 Å². The van der Waals surface area contributed by atoms with Crippen molar-refractivity contribution in [3.8, 4) is 0 Å². The van der Waals surface area contributed by atoms with Gasteiger partial charge in [0.1, 0.15) is 6.10 Å². The van der Waals surface area contributed by atoms with Crippen LogP contribution in [-0.2, 0) is 9.53 Å². The Morgan fingerprint density at radius 2 is 2.17 bits per heavy atom. The SMILES string of the molecule is CCC[C@H]1CC[C@H](CC)OC1=O. The lowest BCUT2D eigenvalue weighted by Gasteiger charge is -2.27. The molecule has 1 fully saturated rings. The van der Waals surface area contributed by atoms with Crippen LogP contribution in [0.5, 0.6) is 0 Å². The highest BCUT2D eigenvalue weighted by Gasteiger charge is 2.27. The van der Waals surface area contributed by atoms with Crippen LogP contribution < -0.4 is 0 Å². The van der Waals surface area contributed by atoms with E-state index in [0.717, 1.165) is 32.1 Å². The van der Waals surface area contributed by atoms with Crippen LogP contribution in [0.15, 0.2) is 0 Å². The van der Waals surface area contributed by atoms with Gasteiger partial charge in [0.15, 0.2) is 0 Å². The normalized spacial score (nSPS) is 30.0. The molecule has 0 aromatic heterocycles. The van der Waals surface area contributed by atoms with Crippen molar-refractivity contribution in [1.82, 2.24) is 0 Å². The van der Waals surface area contributed by atoms with Crippen LogP contribution in [0.3, 0.4) is 0 Å². The molecule has 2 heteroatoms. The molecule has 1 aliphatic heterocycles. The van der Waals surface area contributed by atoms with Crippen molar-refractivity contribution in [2.24, 2.45) is 5.92 Å². The van der Waals surface area contributed by atoms with Gasteiger partial charge in [-0.2, -0.15) is 0 Å². The molecule has 1 aliphatic rings. The molecule has 0 unspecified atom stereocenters. The fourth-order valence-electron chi connectivity index (χ4n) is 1.72. The second-order valence-corrected chi connectivity index (χ2v) is 3.53. The quantitative estimate of drug-likeness (QED) is 0.608. The molecule has 0 bridgehead atoms. The molecule has 0 N–H and O–H groups in total. The highest BCUT2D eigenvalue weighted by molar-refractivity contribution is 5.73. The summed E-state index contributed by atoms with van der Waals surface area (Å²) in [5.41, 5.74) is 0. The first kappa shape index (κ1) is 9.56. The number of hydrogen-bond acceptors (Lipinski definition) is 2. The molecule has 1 saturated heterocycles. The summed E-state index contributed by atoms with van der Waals surface area (Å²) in [6, 6.07) is 0. The minimum Gasteiger partial charge on any atom is -0.462 e. The molecular weight excluding hydrogens is 152 g/mol. The summed E-state index contributed by atoms with van der Waals surface area (Å²) in [7, 11) is 0. The Hall–Kier alpha value is -0.530. The summed E-state index contributed by atoms with van der Waals surface area (Å²) in [6.07, 6.45) is 5.33. The minimum atomic E-state index is 0.0370. The van der Waals surface area contributed by atoms with Crippen molar-refractivity contribution in [3.63, 3.8) is 0 Å². The summed E-state index contributed by atoms with van der Waals surface area (Å²) >= 11 is 0. The highest BCUT2D eigenvalue weighted by Crippen LogP contribution is 2.25. The van der Waals surface area contributed by atoms with Gasteiger partial charge in [-0.3, -0.25) is 4.79 Å². The van der Waals surface area contributed by atoms with Crippen molar-refractivity contribution >= 4 is 5.97 Å². The van der Waals surface area contributed by atoms with Crippen molar-refractivity contribution in [2.75, 3.05) is 0 Å². The largest absolute Gasteiger partial charge is 0.462 e. The van der Waals surface area contributed by atoms with Gasteiger partial charge in [-0.05, 0) is 25.7 Å². The summed E-state index contributed by atoms with van der Waals surface area (Å²) in [5.74, 6) is 0.229. The monoisotopic (exact) mass is 170 g/mol. The first-order valence-corrected chi connectivity index (χ1v) is 4.98. The molecular formula is C10H18O2. The number of ether oxygens (including phenoxy) is 1. The van der Waals surface area contributed by atoms with Gasteiger partial charge in [0.05, 0.1) is 5.92 Å². The molecule has 2 nitrogen and oxygen atoms in total. The van der Waals surface area contributed by atoms with E-state index in [0.29, 0.717) is 0 Å². The van der Waals surface area contributed by atoms with Crippen LogP contribution in [-0.4, -0.2) is 12.1 Å². The van der Waals surface area contributed by atoms with E-state index in [4.69, 9.17) is 4.74 Å². The van der Waals surface area contributed by atoms with Crippen molar-refractivity contribution in [1.29, 1.82) is 0 Å². The number of esters is 1. The third kappa shape index (κ3) is 2.23. The van der Waals surface area contributed by atoms with Crippen LogP contribution in [0.1, 0.15) is 46.0 Å². The van der Waals surface area contributed by atoms with Crippen molar-refractivity contribution in [3.05, 3.63) is 0 Å². The second-order valence-electron chi connectivity index (χ2n) is 3.53. The average molecular weight is 170 g/mol. The van der Waals surface area contributed by atoms with E-state index in [9.17, 15) is 4.79 Å². The molecule has 0 aromatic rings. The van der Waals surface area contributed by atoms with E-state index in [2.05, 4.69) is 13.8 Å². The van der Waals surface area contributed by atoms with E-state index in [1.807, 2.05) is 0 Å². The Bertz CT molecular complexity index is 154. The van der Waals surface area contributed by atoms with E-state index in [1.54, 1.807) is 0 Å². The molecule has 1 rings (SSSR count). The molecule has 12 heavy (non-hydrogen) atoms. The molecule has 0 amide bonds. The molecule has 0 saturated carbocycles. The maximum atomic E-state index is 11.3. The predicted octanol–water partition coefficient (Wildman–Crippen LogP) is 2.52. The smallest absolute Gasteiger partial charge is 0.309 e. The molecule has 0 aliphatic carbocycles. The summed E-state index contributed by atoms with van der Waals surface area (Å²) in [6.45, 7) is 4.18. The first-order valence-electron chi connectivity index (χ1n) is 4.98. The van der Waals surface area contributed by atoms with E-state index < -0.39 is 0 Å². The highest BCUT2D eigenvalue weighted by atomic mass is 16.5. The van der Waals surface area contributed by atoms with E-state index >= 15 is 0 Å². The lowest BCUT2D eigenvalue weighted by molar-refractivity contribution is -0.160. The molecule has 0 spiro atoms. The number of carbonyl (C=O) groups excluding carboxylic acids is 1. The van der Waals surface area contributed by atoms with Gasteiger partial charge in [-0.1, -0.05) is 20.3 Å². The topological polar surface area (TPSA) is 26.3 Å². The van der Waals surface area contributed by atoms with Gasteiger partial charge in [0.2, 0.25) is 0 Å². The lowest BCUT2D eigenvalue weighted by Crippen LogP contribution is -2.30. The molecule has 0 radical (unpaired) electrons. The zero-order chi connectivity index (χ0) is 8.97. The fraction of sp³-hybridized carbons (Fsp3) is 0.900. The van der Waals surface area contributed by atoms with Crippen LogP contribution in [0.2, 0.25) is 0 Å². The third-order valence-corrected chi connectivity index (χ3v) is 2.55. The third-order valence-electron chi connectivity index (χ3n) is 2.55. The zero-order valence-corrected chi connectivity index (χ0v) is 8.01. The molecule has 2 atom stereocenters.